The van der Waals surface area contributed by atoms with E-state index >= 15 is 0 Å². The van der Waals surface area contributed by atoms with E-state index in [2.05, 4.69) is 12.6 Å². The van der Waals surface area contributed by atoms with Gasteiger partial charge in [-0.1, -0.05) is 30.4 Å². The molecule has 1 atom stereocenters. The van der Waals surface area contributed by atoms with Crippen LogP contribution in [0, 0.1) is 5.92 Å². The molecule has 1 aliphatic rings. The molecule has 1 unspecified atom stereocenters. The molecule has 86 valence electrons. The molecule has 0 bridgehead atoms. The zero-order valence-electron chi connectivity index (χ0n) is 9.42. The molecule has 0 radical (unpaired) electrons. The third-order valence-electron chi connectivity index (χ3n) is 2.33. The smallest absolute Gasteiger partial charge is 0.410 e. The maximum absolute atomic E-state index is 11.5. The van der Waals surface area contributed by atoms with Gasteiger partial charge >= 0.3 is 7.12 Å². The Balaban J connectivity index is 2.78. The highest BCUT2D eigenvalue weighted by Crippen LogP contribution is 2.14. The van der Waals surface area contributed by atoms with Crippen LogP contribution in [-0.4, -0.2) is 32.9 Å². The lowest BCUT2D eigenvalue weighted by Gasteiger charge is -2.08. The minimum atomic E-state index is -0.397. The number of Topliss-reactive ketones (excluding diaryl/α,β-unsaturated/α-hetero) is 1. The van der Waals surface area contributed by atoms with Crippen LogP contribution in [0.1, 0.15) is 0 Å². The van der Waals surface area contributed by atoms with Gasteiger partial charge in [-0.3, -0.25) is 4.79 Å². The van der Waals surface area contributed by atoms with Gasteiger partial charge in [-0.05, 0) is 5.47 Å². The van der Waals surface area contributed by atoms with E-state index in [1.165, 1.54) is 0 Å². The van der Waals surface area contributed by atoms with Gasteiger partial charge in [0.05, 0.1) is 11.7 Å². The Morgan fingerprint density at radius 3 is 2.69 bits per heavy atom. The van der Waals surface area contributed by atoms with Crippen LogP contribution in [-0.2, 0) is 14.1 Å². The van der Waals surface area contributed by atoms with Crippen molar-refractivity contribution in [2.45, 2.75) is 0 Å². The van der Waals surface area contributed by atoms with Crippen molar-refractivity contribution in [2.75, 3.05) is 20.0 Å². The van der Waals surface area contributed by atoms with Gasteiger partial charge in [0.1, 0.15) is 0 Å². The zero-order valence-corrected chi connectivity index (χ0v) is 10.3. The number of hydrogen-bond donors (Lipinski definition) is 1. The van der Waals surface area contributed by atoms with Gasteiger partial charge in [0.25, 0.3) is 0 Å². The van der Waals surface area contributed by atoms with Gasteiger partial charge in [-0.15, -0.1) is 0 Å². The first-order chi connectivity index (χ1) is 7.72. The highest BCUT2D eigenvalue weighted by atomic mass is 32.1. The van der Waals surface area contributed by atoms with E-state index in [1.54, 1.807) is 14.2 Å². The predicted molar refractivity (Wildman–Crippen MR) is 68.5 cm³/mol. The summed E-state index contributed by atoms with van der Waals surface area (Å²) in [4.78, 5) is 11.5. The van der Waals surface area contributed by atoms with E-state index in [1.807, 2.05) is 30.4 Å². The molecule has 0 aromatic rings. The molecular weight excluding hydrogens is 223 g/mol. The molecular formula is C11H15BO3S. The quantitative estimate of drug-likeness (QED) is 0.582. The Labute approximate surface area is 102 Å². The van der Waals surface area contributed by atoms with Crippen LogP contribution < -0.4 is 0 Å². The molecule has 0 aromatic heterocycles. The van der Waals surface area contributed by atoms with Crippen LogP contribution in [0.25, 0.3) is 0 Å². The SMILES string of the molecule is COB(OC)C1=CC=CC(C(=O)CS)C=C1. The lowest BCUT2D eigenvalue weighted by Crippen LogP contribution is -2.21. The minimum Gasteiger partial charge on any atom is -0.410 e. The predicted octanol–water partition coefficient (Wildman–Crippen LogP) is 1.47. The van der Waals surface area contributed by atoms with Crippen LogP contribution >= 0.6 is 12.6 Å². The molecule has 16 heavy (non-hydrogen) atoms. The van der Waals surface area contributed by atoms with Gasteiger partial charge < -0.3 is 9.31 Å². The van der Waals surface area contributed by atoms with E-state index in [9.17, 15) is 4.79 Å². The lowest BCUT2D eigenvalue weighted by molar-refractivity contribution is -0.117. The summed E-state index contributed by atoms with van der Waals surface area (Å²) in [6, 6.07) is 0. The van der Waals surface area contributed by atoms with Crippen LogP contribution in [0.5, 0.6) is 0 Å². The summed E-state index contributed by atoms with van der Waals surface area (Å²) >= 11 is 3.98. The van der Waals surface area contributed by atoms with E-state index in [4.69, 9.17) is 9.31 Å². The first-order valence-corrected chi connectivity index (χ1v) is 5.62. The Bertz CT molecular complexity index is 332. The van der Waals surface area contributed by atoms with Gasteiger partial charge in [0.2, 0.25) is 0 Å². The van der Waals surface area contributed by atoms with E-state index in [0.29, 0.717) is 0 Å². The average Bonchev–Trinajstić information content (AvgIpc) is 2.56. The average molecular weight is 238 g/mol. The molecule has 0 amide bonds. The third kappa shape index (κ3) is 3.37. The second-order valence-electron chi connectivity index (χ2n) is 3.36. The Morgan fingerprint density at radius 2 is 2.12 bits per heavy atom. The second kappa shape index (κ2) is 6.73. The number of thiol groups is 1. The lowest BCUT2D eigenvalue weighted by atomic mass is 9.77. The maximum Gasteiger partial charge on any atom is 0.493 e. The molecule has 0 aliphatic heterocycles. The topological polar surface area (TPSA) is 35.5 Å². The van der Waals surface area contributed by atoms with Gasteiger partial charge in [0, 0.05) is 14.2 Å². The summed E-state index contributed by atoms with van der Waals surface area (Å²) in [5, 5.41) is 0. The van der Waals surface area contributed by atoms with Crippen molar-refractivity contribution in [1.29, 1.82) is 0 Å². The van der Waals surface area contributed by atoms with Gasteiger partial charge in [-0.25, -0.2) is 0 Å². The van der Waals surface area contributed by atoms with Gasteiger partial charge in [-0.2, -0.15) is 12.6 Å². The Morgan fingerprint density at radius 1 is 1.44 bits per heavy atom. The van der Waals surface area contributed by atoms with Crippen molar-refractivity contribution in [2.24, 2.45) is 5.92 Å². The summed E-state index contributed by atoms with van der Waals surface area (Å²) in [7, 11) is 2.76. The van der Waals surface area contributed by atoms with Crippen molar-refractivity contribution in [1.82, 2.24) is 0 Å². The zero-order chi connectivity index (χ0) is 12.0. The molecule has 0 fully saturated rings. The number of carbonyl (C=O) groups is 1. The molecule has 0 aromatic carbocycles. The molecule has 3 nitrogen and oxygen atoms in total. The van der Waals surface area contributed by atoms with Crippen molar-refractivity contribution in [3.8, 4) is 0 Å². The molecule has 0 spiro atoms. The summed E-state index contributed by atoms with van der Waals surface area (Å²) in [6.45, 7) is 0. The molecule has 0 saturated heterocycles. The molecule has 5 heteroatoms. The van der Waals surface area contributed by atoms with Crippen LogP contribution in [0.2, 0.25) is 0 Å². The van der Waals surface area contributed by atoms with Crippen molar-refractivity contribution >= 4 is 25.5 Å². The van der Waals surface area contributed by atoms with E-state index in [0.717, 1.165) is 5.47 Å². The fourth-order valence-corrected chi connectivity index (χ4v) is 1.68. The number of allylic oxidation sites excluding steroid dienone is 6. The molecule has 0 heterocycles. The summed E-state index contributed by atoms with van der Waals surface area (Å²) in [6.07, 6.45) is 9.24. The molecule has 1 aliphatic carbocycles. The van der Waals surface area contributed by atoms with E-state index < -0.39 is 7.12 Å². The normalized spacial score (nSPS) is 19.2. The summed E-state index contributed by atoms with van der Waals surface area (Å²) in [5.74, 6) is 0.115. The number of rotatable bonds is 5. The monoisotopic (exact) mass is 238 g/mol. The Hall–Kier alpha value is -0.775. The van der Waals surface area contributed by atoms with Crippen LogP contribution in [0.3, 0.4) is 0 Å². The van der Waals surface area contributed by atoms with Crippen LogP contribution in [0.15, 0.2) is 35.9 Å². The third-order valence-corrected chi connectivity index (χ3v) is 2.64. The van der Waals surface area contributed by atoms with Crippen molar-refractivity contribution in [3.63, 3.8) is 0 Å². The number of carbonyl (C=O) groups excluding carboxylic acids is 1. The molecule has 0 saturated carbocycles. The number of ketones is 1. The van der Waals surface area contributed by atoms with Crippen molar-refractivity contribution < 1.29 is 14.1 Å². The first-order valence-electron chi connectivity index (χ1n) is 4.98. The van der Waals surface area contributed by atoms with Gasteiger partial charge in [0.15, 0.2) is 5.78 Å². The fourth-order valence-electron chi connectivity index (χ4n) is 1.47. The molecule has 1 rings (SSSR count). The second-order valence-corrected chi connectivity index (χ2v) is 3.68. The summed E-state index contributed by atoms with van der Waals surface area (Å²) < 4.78 is 10.3. The summed E-state index contributed by atoms with van der Waals surface area (Å²) in [5.41, 5.74) is 0.885. The molecule has 0 N–H and O–H groups in total. The highest BCUT2D eigenvalue weighted by Gasteiger charge is 2.20. The minimum absolute atomic E-state index is 0.0804. The van der Waals surface area contributed by atoms with Crippen molar-refractivity contribution in [3.05, 3.63) is 35.9 Å². The number of hydrogen-bond acceptors (Lipinski definition) is 4. The maximum atomic E-state index is 11.5. The highest BCUT2D eigenvalue weighted by molar-refractivity contribution is 7.81. The van der Waals surface area contributed by atoms with Crippen LogP contribution in [0.4, 0.5) is 0 Å². The van der Waals surface area contributed by atoms with E-state index in [-0.39, 0.29) is 17.5 Å². The first kappa shape index (κ1) is 13.3. The fraction of sp³-hybridized carbons (Fsp3) is 0.364. The standard InChI is InChI=1S/C11H15BO3S/c1-14-12(15-2)10-5-3-4-9(6-7-10)11(13)8-16/h3-7,9,16H,8H2,1-2H3. The largest absolute Gasteiger partial charge is 0.493 e. The Kier molecular flexibility index (Phi) is 5.59.